The first-order chi connectivity index (χ1) is 17.8. The van der Waals surface area contributed by atoms with E-state index in [9.17, 15) is 39.9 Å². The fourth-order valence-corrected chi connectivity index (χ4v) is 4.12. The molecule has 6 N–H and O–H groups in total. The third-order valence-electron chi connectivity index (χ3n) is 6.23. The minimum atomic E-state index is -1.97. The number of aliphatic hydroxyl groups excluding tert-OH is 4. The number of esters is 1. The van der Waals surface area contributed by atoms with Crippen molar-refractivity contribution >= 4 is 29.4 Å². The number of halogens is 1. The van der Waals surface area contributed by atoms with Crippen molar-refractivity contribution in [3.8, 4) is 5.75 Å². The lowest BCUT2D eigenvalue weighted by Crippen LogP contribution is -2.64. The number of benzene rings is 2. The molecule has 0 aromatic heterocycles. The van der Waals surface area contributed by atoms with E-state index in [0.717, 1.165) is 5.56 Å². The van der Waals surface area contributed by atoms with Crippen molar-refractivity contribution in [1.82, 2.24) is 5.32 Å². The summed E-state index contributed by atoms with van der Waals surface area (Å²) in [6.45, 7) is 3.12. The number of hydrogen-bond acceptors (Lipinski definition) is 9. The molecule has 2 aromatic carbocycles. The number of nitrogens with one attached hydrogen (secondary N) is 1. The van der Waals surface area contributed by atoms with Gasteiger partial charge in [-0.1, -0.05) is 23.7 Å². The molecule has 12 heteroatoms. The first-order valence-electron chi connectivity index (χ1n) is 11.8. The summed E-state index contributed by atoms with van der Waals surface area (Å²) in [6, 6.07) is 13.2. The van der Waals surface area contributed by atoms with Gasteiger partial charge in [-0.05, 0) is 62.2 Å². The second-order valence-electron chi connectivity index (χ2n) is 9.47. The number of ether oxygens (including phenoxy) is 2. The van der Waals surface area contributed by atoms with Gasteiger partial charge in [-0.2, -0.15) is 0 Å². The summed E-state index contributed by atoms with van der Waals surface area (Å²) >= 11 is 5.83. The summed E-state index contributed by atoms with van der Waals surface area (Å²) in [5.41, 5.74) is -0.257. The number of rotatable bonds is 9. The van der Waals surface area contributed by atoms with Crippen LogP contribution in [-0.4, -0.2) is 86.0 Å². The first kappa shape index (κ1) is 29.3. The van der Waals surface area contributed by atoms with Crippen LogP contribution in [0.3, 0.4) is 0 Å². The molecule has 11 nitrogen and oxygen atoms in total. The zero-order valence-corrected chi connectivity index (χ0v) is 21.4. The average molecular weight is 552 g/mol. The smallest absolute Gasteiger partial charge is 0.350 e. The van der Waals surface area contributed by atoms with Gasteiger partial charge in [0.1, 0.15) is 30.0 Å². The minimum Gasteiger partial charge on any atom is -0.481 e. The molecule has 0 aliphatic heterocycles. The van der Waals surface area contributed by atoms with Crippen LogP contribution in [0.4, 0.5) is 0 Å². The van der Waals surface area contributed by atoms with E-state index < -0.39 is 54.0 Å². The van der Waals surface area contributed by atoms with Crippen molar-refractivity contribution in [3.05, 3.63) is 64.7 Å². The Morgan fingerprint density at radius 3 is 2.08 bits per heavy atom. The zero-order valence-electron chi connectivity index (χ0n) is 20.7. The van der Waals surface area contributed by atoms with Gasteiger partial charge >= 0.3 is 11.9 Å². The predicted octanol–water partition coefficient (Wildman–Crippen LogP) is 0.540. The van der Waals surface area contributed by atoms with Crippen molar-refractivity contribution in [1.29, 1.82) is 0 Å². The molecule has 0 heterocycles. The van der Waals surface area contributed by atoms with Gasteiger partial charge < -0.3 is 40.3 Å². The number of amides is 1. The molecule has 1 saturated carbocycles. The highest BCUT2D eigenvalue weighted by atomic mass is 35.5. The maximum atomic E-state index is 12.8. The largest absolute Gasteiger partial charge is 0.481 e. The summed E-state index contributed by atoms with van der Waals surface area (Å²) in [4.78, 5) is 36.4. The highest BCUT2D eigenvalue weighted by Gasteiger charge is 2.54. The van der Waals surface area contributed by atoms with Crippen LogP contribution in [0, 0.1) is 5.92 Å². The Balaban J connectivity index is 1.56. The zero-order chi connectivity index (χ0) is 28.2. The van der Waals surface area contributed by atoms with E-state index in [1.807, 2.05) is 0 Å². The molecule has 1 aliphatic carbocycles. The molecule has 1 amide bonds. The number of carbonyl (C=O) groups is 3. The highest BCUT2D eigenvalue weighted by Crippen LogP contribution is 2.30. The molecule has 3 rings (SSSR count). The van der Waals surface area contributed by atoms with Crippen LogP contribution in [0.1, 0.15) is 29.8 Å². The van der Waals surface area contributed by atoms with Gasteiger partial charge in [-0.25, -0.2) is 4.79 Å². The van der Waals surface area contributed by atoms with E-state index in [2.05, 4.69) is 5.32 Å². The first-order valence-corrected chi connectivity index (χ1v) is 12.2. The number of aliphatic carboxylic acids is 1. The van der Waals surface area contributed by atoms with Crippen LogP contribution in [0.5, 0.6) is 5.75 Å². The maximum absolute atomic E-state index is 12.8. The second kappa shape index (κ2) is 12.1. The molecule has 1 fully saturated rings. The summed E-state index contributed by atoms with van der Waals surface area (Å²) in [7, 11) is 0. The maximum Gasteiger partial charge on any atom is 0.350 e. The summed E-state index contributed by atoms with van der Waals surface area (Å²) in [5, 5.41) is 52.9. The fraction of sp³-hybridized carbons (Fsp3) is 0.423. The van der Waals surface area contributed by atoms with Crippen LogP contribution in [0.25, 0.3) is 0 Å². The molecule has 0 bridgehead atoms. The Labute approximate surface area is 223 Å². The van der Waals surface area contributed by atoms with Gasteiger partial charge in [0.25, 0.3) is 5.91 Å². The number of carbonyl (C=O) groups excluding carboxylic acids is 2. The summed E-state index contributed by atoms with van der Waals surface area (Å²) < 4.78 is 10.9. The van der Waals surface area contributed by atoms with Crippen molar-refractivity contribution in [2.75, 3.05) is 6.54 Å². The third kappa shape index (κ3) is 6.80. The monoisotopic (exact) mass is 551 g/mol. The second-order valence-corrected chi connectivity index (χ2v) is 9.90. The van der Waals surface area contributed by atoms with Crippen LogP contribution < -0.4 is 10.1 Å². The topological polar surface area (TPSA) is 183 Å². The Morgan fingerprint density at radius 1 is 0.895 bits per heavy atom. The number of aliphatic hydroxyl groups is 4. The molecule has 0 saturated heterocycles. The van der Waals surface area contributed by atoms with E-state index in [1.54, 1.807) is 48.5 Å². The average Bonchev–Trinajstić information content (AvgIpc) is 2.86. The summed E-state index contributed by atoms with van der Waals surface area (Å²) in [5.74, 6) is -4.48. The molecule has 38 heavy (non-hydrogen) atoms. The van der Waals surface area contributed by atoms with Crippen molar-refractivity contribution in [2.45, 2.75) is 56.4 Å². The summed E-state index contributed by atoms with van der Waals surface area (Å²) in [6.07, 6.45) is -9.09. The molecular formula is C26H30ClNO10. The third-order valence-corrected chi connectivity index (χ3v) is 6.48. The van der Waals surface area contributed by atoms with E-state index in [-0.39, 0.29) is 5.91 Å². The van der Waals surface area contributed by atoms with Gasteiger partial charge in [0, 0.05) is 17.1 Å². The molecule has 6 atom stereocenters. The normalized spacial score (nSPS) is 25.3. The van der Waals surface area contributed by atoms with Gasteiger partial charge in [0.2, 0.25) is 0 Å². The Bertz CT molecular complexity index is 1140. The predicted molar refractivity (Wildman–Crippen MR) is 134 cm³/mol. The Hall–Kier alpha value is -3.22. The molecule has 2 aromatic rings. The van der Waals surface area contributed by atoms with Crippen molar-refractivity contribution in [3.63, 3.8) is 0 Å². The van der Waals surface area contributed by atoms with Gasteiger partial charge in [0.15, 0.2) is 11.7 Å². The van der Waals surface area contributed by atoms with E-state index in [0.29, 0.717) is 29.3 Å². The number of hydrogen-bond donors (Lipinski definition) is 6. The Morgan fingerprint density at radius 2 is 1.50 bits per heavy atom. The standard InChI is InChI=1S/C26H30ClNO10/c1-26(2,25(36)37-22-19(30)17(24(34)35)18(29)20(31)21(22)32)38-16-9-3-13(4-10-16)11-12-28-23(33)14-5-7-15(27)8-6-14/h3-10,17-22,29-32H,11-12H2,1-2H3,(H,28,33)(H,34,35). The Kier molecular flexibility index (Phi) is 9.34. The number of carboxylic acids is 1. The minimum absolute atomic E-state index is 0.230. The molecule has 1 aliphatic rings. The van der Waals surface area contributed by atoms with E-state index >= 15 is 0 Å². The van der Waals surface area contributed by atoms with Crippen molar-refractivity contribution < 1.29 is 49.4 Å². The van der Waals surface area contributed by atoms with Crippen LogP contribution in [0.15, 0.2) is 48.5 Å². The molecular weight excluding hydrogens is 522 g/mol. The lowest BCUT2D eigenvalue weighted by molar-refractivity contribution is -0.228. The van der Waals surface area contributed by atoms with E-state index in [1.165, 1.54) is 13.8 Å². The van der Waals surface area contributed by atoms with Crippen molar-refractivity contribution in [2.24, 2.45) is 5.92 Å². The quantitative estimate of drug-likeness (QED) is 0.240. The van der Waals surface area contributed by atoms with Crippen LogP contribution in [0.2, 0.25) is 5.02 Å². The molecule has 6 unspecified atom stereocenters. The molecule has 0 spiro atoms. The highest BCUT2D eigenvalue weighted by molar-refractivity contribution is 6.30. The molecule has 0 radical (unpaired) electrons. The fourth-order valence-electron chi connectivity index (χ4n) is 4.00. The van der Waals surface area contributed by atoms with E-state index in [4.69, 9.17) is 21.1 Å². The lowest BCUT2D eigenvalue weighted by atomic mass is 9.78. The lowest BCUT2D eigenvalue weighted by Gasteiger charge is -2.42. The van der Waals surface area contributed by atoms with Crippen LogP contribution in [-0.2, 0) is 20.7 Å². The van der Waals surface area contributed by atoms with Crippen LogP contribution >= 0.6 is 11.6 Å². The number of carboxylic acid groups (broad SMARTS) is 1. The van der Waals surface area contributed by atoms with Gasteiger partial charge in [-0.15, -0.1) is 0 Å². The van der Waals surface area contributed by atoms with Gasteiger partial charge in [-0.3, -0.25) is 9.59 Å². The SMILES string of the molecule is CC(C)(Oc1ccc(CCNC(=O)c2ccc(Cl)cc2)cc1)C(=O)OC1C(O)C(O)C(O)C(C(=O)O)C1O. The van der Waals surface area contributed by atoms with Gasteiger partial charge in [0.05, 0.1) is 6.10 Å². The molecule has 206 valence electrons.